The predicted octanol–water partition coefficient (Wildman–Crippen LogP) is 3.18. The molecule has 3 heteroatoms. The summed E-state index contributed by atoms with van der Waals surface area (Å²) in [6.07, 6.45) is 0. The topological polar surface area (TPSA) is 38.0 Å². The summed E-state index contributed by atoms with van der Waals surface area (Å²) in [5.41, 5.74) is 8.03. The quantitative estimate of drug-likeness (QED) is 0.849. The van der Waals surface area contributed by atoms with Gasteiger partial charge in [-0.25, -0.2) is 0 Å². The fraction of sp³-hybridized carbons (Fsp3) is 0.231. The molecule has 1 aromatic carbocycles. The first-order valence-corrected chi connectivity index (χ1v) is 6.25. The standard InChI is InChI=1S/C13H16N2S/c1-10(11-5-3-2-4-6-11)15-9-13-12(14)7-8-16-13/h2-8,10,15H,9,14H2,1H3/t10-/m0/s1. The van der Waals surface area contributed by atoms with Gasteiger partial charge < -0.3 is 11.1 Å². The number of hydrogen-bond donors (Lipinski definition) is 2. The Labute approximate surface area is 100 Å². The van der Waals surface area contributed by atoms with Gasteiger partial charge in [-0.2, -0.15) is 0 Å². The Kier molecular flexibility index (Phi) is 3.59. The average molecular weight is 232 g/mol. The third-order valence-corrected chi connectivity index (χ3v) is 3.58. The van der Waals surface area contributed by atoms with E-state index in [9.17, 15) is 0 Å². The molecule has 2 aromatic rings. The molecular formula is C13H16N2S. The average Bonchev–Trinajstić information content (AvgIpc) is 2.73. The lowest BCUT2D eigenvalue weighted by Crippen LogP contribution is -2.17. The lowest BCUT2D eigenvalue weighted by Gasteiger charge is -2.13. The Morgan fingerprint density at radius 3 is 2.62 bits per heavy atom. The van der Waals surface area contributed by atoms with E-state index in [1.807, 2.05) is 17.5 Å². The largest absolute Gasteiger partial charge is 0.398 e. The van der Waals surface area contributed by atoms with Gasteiger partial charge in [-0.05, 0) is 23.9 Å². The SMILES string of the molecule is C[C@H](NCc1sccc1N)c1ccccc1. The van der Waals surface area contributed by atoms with E-state index in [0.29, 0.717) is 6.04 Å². The maximum absolute atomic E-state index is 5.84. The second-order valence-electron chi connectivity index (χ2n) is 3.81. The number of thiophene rings is 1. The molecule has 0 saturated heterocycles. The number of nitrogens with two attached hydrogens (primary N) is 1. The molecule has 0 unspecified atom stereocenters. The van der Waals surface area contributed by atoms with Crippen molar-refractivity contribution in [3.63, 3.8) is 0 Å². The van der Waals surface area contributed by atoms with Crippen LogP contribution >= 0.6 is 11.3 Å². The molecule has 1 aromatic heterocycles. The molecular weight excluding hydrogens is 216 g/mol. The Bertz CT molecular complexity index is 436. The minimum Gasteiger partial charge on any atom is -0.398 e. The minimum atomic E-state index is 0.350. The van der Waals surface area contributed by atoms with Crippen LogP contribution in [-0.2, 0) is 6.54 Å². The highest BCUT2D eigenvalue weighted by atomic mass is 32.1. The van der Waals surface area contributed by atoms with Crippen molar-refractivity contribution in [1.82, 2.24) is 5.32 Å². The van der Waals surface area contributed by atoms with E-state index < -0.39 is 0 Å². The van der Waals surface area contributed by atoms with Crippen LogP contribution < -0.4 is 11.1 Å². The van der Waals surface area contributed by atoms with E-state index in [4.69, 9.17) is 5.73 Å². The number of hydrogen-bond acceptors (Lipinski definition) is 3. The lowest BCUT2D eigenvalue weighted by atomic mass is 10.1. The highest BCUT2D eigenvalue weighted by Crippen LogP contribution is 2.20. The van der Waals surface area contributed by atoms with Gasteiger partial charge in [-0.3, -0.25) is 0 Å². The van der Waals surface area contributed by atoms with Crippen LogP contribution in [0.15, 0.2) is 41.8 Å². The molecule has 0 aliphatic heterocycles. The van der Waals surface area contributed by atoms with Crippen LogP contribution in [0.5, 0.6) is 0 Å². The van der Waals surface area contributed by atoms with Crippen LogP contribution in [0.25, 0.3) is 0 Å². The predicted molar refractivity (Wildman–Crippen MR) is 70.4 cm³/mol. The van der Waals surface area contributed by atoms with E-state index in [1.54, 1.807) is 11.3 Å². The maximum Gasteiger partial charge on any atom is 0.0468 e. The van der Waals surface area contributed by atoms with Crippen molar-refractivity contribution in [2.24, 2.45) is 0 Å². The van der Waals surface area contributed by atoms with E-state index in [0.717, 1.165) is 12.2 Å². The number of rotatable bonds is 4. The van der Waals surface area contributed by atoms with Crippen LogP contribution in [-0.4, -0.2) is 0 Å². The summed E-state index contributed by atoms with van der Waals surface area (Å²) in [6.45, 7) is 3.00. The fourth-order valence-electron chi connectivity index (χ4n) is 1.60. The van der Waals surface area contributed by atoms with Crippen molar-refractivity contribution in [2.45, 2.75) is 19.5 Å². The first-order valence-electron chi connectivity index (χ1n) is 5.37. The van der Waals surface area contributed by atoms with Crippen molar-refractivity contribution in [2.75, 3.05) is 5.73 Å². The third-order valence-electron chi connectivity index (χ3n) is 2.65. The van der Waals surface area contributed by atoms with Crippen LogP contribution in [0, 0.1) is 0 Å². The van der Waals surface area contributed by atoms with Gasteiger partial charge in [-0.1, -0.05) is 30.3 Å². The van der Waals surface area contributed by atoms with Gasteiger partial charge in [0.2, 0.25) is 0 Å². The van der Waals surface area contributed by atoms with E-state index in [1.165, 1.54) is 10.4 Å². The monoisotopic (exact) mass is 232 g/mol. The van der Waals surface area contributed by atoms with Gasteiger partial charge in [0.05, 0.1) is 0 Å². The molecule has 2 nitrogen and oxygen atoms in total. The molecule has 0 radical (unpaired) electrons. The summed E-state index contributed by atoms with van der Waals surface area (Å²) in [4.78, 5) is 1.21. The zero-order chi connectivity index (χ0) is 11.4. The molecule has 3 N–H and O–H groups in total. The summed E-state index contributed by atoms with van der Waals surface area (Å²) >= 11 is 1.70. The Morgan fingerprint density at radius 2 is 2.00 bits per heavy atom. The number of nitrogens with one attached hydrogen (secondary N) is 1. The molecule has 16 heavy (non-hydrogen) atoms. The van der Waals surface area contributed by atoms with Crippen LogP contribution in [0.3, 0.4) is 0 Å². The number of anilines is 1. The lowest BCUT2D eigenvalue weighted by molar-refractivity contribution is 0.579. The molecule has 1 atom stereocenters. The summed E-state index contributed by atoms with van der Waals surface area (Å²) in [6, 6.07) is 12.7. The molecule has 0 fully saturated rings. The van der Waals surface area contributed by atoms with Gasteiger partial charge in [0.25, 0.3) is 0 Å². The third kappa shape index (κ3) is 2.62. The summed E-state index contributed by atoms with van der Waals surface area (Å²) < 4.78 is 0. The first-order chi connectivity index (χ1) is 7.77. The summed E-state index contributed by atoms with van der Waals surface area (Å²) in [7, 11) is 0. The Morgan fingerprint density at radius 1 is 1.25 bits per heavy atom. The van der Waals surface area contributed by atoms with Crippen molar-refractivity contribution in [3.8, 4) is 0 Å². The van der Waals surface area contributed by atoms with Gasteiger partial charge in [0.15, 0.2) is 0 Å². The second kappa shape index (κ2) is 5.14. The Hall–Kier alpha value is -1.32. The number of nitrogen functional groups attached to an aromatic ring is 1. The van der Waals surface area contributed by atoms with Crippen molar-refractivity contribution in [1.29, 1.82) is 0 Å². The minimum absolute atomic E-state index is 0.350. The fourth-order valence-corrected chi connectivity index (χ4v) is 2.35. The van der Waals surface area contributed by atoms with Gasteiger partial charge >= 0.3 is 0 Å². The molecule has 2 rings (SSSR count). The van der Waals surface area contributed by atoms with Gasteiger partial charge in [0.1, 0.15) is 0 Å². The molecule has 0 aliphatic carbocycles. The normalized spacial score (nSPS) is 12.6. The molecule has 1 heterocycles. The zero-order valence-electron chi connectivity index (χ0n) is 9.31. The van der Waals surface area contributed by atoms with Gasteiger partial charge in [0, 0.05) is 23.2 Å². The molecule has 0 amide bonds. The highest BCUT2D eigenvalue weighted by molar-refractivity contribution is 7.10. The maximum atomic E-state index is 5.84. The van der Waals surface area contributed by atoms with Crippen LogP contribution in [0.1, 0.15) is 23.4 Å². The van der Waals surface area contributed by atoms with Gasteiger partial charge in [-0.15, -0.1) is 11.3 Å². The van der Waals surface area contributed by atoms with E-state index in [-0.39, 0.29) is 0 Å². The summed E-state index contributed by atoms with van der Waals surface area (Å²) in [5, 5.41) is 5.50. The molecule has 0 aliphatic rings. The molecule has 0 bridgehead atoms. The van der Waals surface area contributed by atoms with E-state index in [2.05, 4.69) is 36.5 Å². The Balaban J connectivity index is 1.94. The zero-order valence-corrected chi connectivity index (χ0v) is 10.1. The molecule has 84 valence electrons. The highest BCUT2D eigenvalue weighted by Gasteiger charge is 2.05. The van der Waals surface area contributed by atoms with Crippen molar-refractivity contribution < 1.29 is 0 Å². The molecule has 0 spiro atoms. The smallest absolute Gasteiger partial charge is 0.0468 e. The van der Waals surface area contributed by atoms with E-state index >= 15 is 0 Å². The summed E-state index contributed by atoms with van der Waals surface area (Å²) in [5.74, 6) is 0. The van der Waals surface area contributed by atoms with Crippen LogP contribution in [0.4, 0.5) is 5.69 Å². The number of benzene rings is 1. The molecule has 0 saturated carbocycles. The van der Waals surface area contributed by atoms with Crippen molar-refractivity contribution >= 4 is 17.0 Å². The first kappa shape index (κ1) is 11.2. The second-order valence-corrected chi connectivity index (χ2v) is 4.81. The van der Waals surface area contributed by atoms with Crippen LogP contribution in [0.2, 0.25) is 0 Å². The van der Waals surface area contributed by atoms with Crippen molar-refractivity contribution in [3.05, 3.63) is 52.2 Å².